The van der Waals surface area contributed by atoms with Crippen LogP contribution in [0.3, 0.4) is 0 Å². The lowest BCUT2D eigenvalue weighted by atomic mass is 9.99. The molecule has 2 aromatic rings. The SMILES string of the molecule is CCCN(C(=O)C(CC(N)=O)NC(=O)OC(C)(C)C)C(C(=O)Nc1ccc(OC)cc1)c1ccc(CC)cc1. The Morgan fingerprint density at radius 3 is 2.08 bits per heavy atom. The number of alkyl carbamates (subject to hydrolysis) is 1. The van der Waals surface area contributed by atoms with Crippen LogP contribution in [-0.2, 0) is 25.5 Å². The van der Waals surface area contributed by atoms with Crippen LogP contribution in [0, 0.1) is 0 Å². The van der Waals surface area contributed by atoms with E-state index in [1.165, 1.54) is 4.90 Å². The summed E-state index contributed by atoms with van der Waals surface area (Å²) in [6.07, 6.45) is -0.00740. The fourth-order valence-electron chi connectivity index (χ4n) is 3.95. The van der Waals surface area contributed by atoms with E-state index >= 15 is 0 Å². The number of amides is 4. The zero-order valence-electron chi connectivity index (χ0n) is 23.6. The van der Waals surface area contributed by atoms with Crippen molar-refractivity contribution < 1.29 is 28.7 Å². The van der Waals surface area contributed by atoms with Crippen LogP contribution < -0.4 is 21.1 Å². The predicted octanol–water partition coefficient (Wildman–Crippen LogP) is 3.94. The van der Waals surface area contributed by atoms with E-state index in [-0.39, 0.29) is 6.54 Å². The molecule has 0 aliphatic carbocycles. The summed E-state index contributed by atoms with van der Waals surface area (Å²) in [6, 6.07) is 11.8. The molecule has 39 heavy (non-hydrogen) atoms. The topological polar surface area (TPSA) is 140 Å². The summed E-state index contributed by atoms with van der Waals surface area (Å²) in [5.74, 6) is -1.24. The molecule has 10 nitrogen and oxygen atoms in total. The van der Waals surface area contributed by atoms with Crippen LogP contribution in [0.15, 0.2) is 48.5 Å². The van der Waals surface area contributed by atoms with Gasteiger partial charge in [0, 0.05) is 12.2 Å². The van der Waals surface area contributed by atoms with Crippen molar-refractivity contribution in [3.8, 4) is 5.75 Å². The number of ether oxygens (including phenoxy) is 2. The van der Waals surface area contributed by atoms with Crippen molar-refractivity contribution in [2.45, 2.75) is 71.6 Å². The highest BCUT2D eigenvalue weighted by atomic mass is 16.6. The second-order valence-corrected chi connectivity index (χ2v) is 10.1. The number of nitrogens with one attached hydrogen (secondary N) is 2. The number of nitrogens with zero attached hydrogens (tertiary/aromatic N) is 1. The molecule has 4 amide bonds. The molecule has 0 fully saturated rings. The number of carbonyl (C=O) groups excluding carboxylic acids is 4. The van der Waals surface area contributed by atoms with Crippen LogP contribution in [0.2, 0.25) is 0 Å². The van der Waals surface area contributed by atoms with E-state index in [2.05, 4.69) is 10.6 Å². The normalized spacial score (nSPS) is 12.6. The summed E-state index contributed by atoms with van der Waals surface area (Å²) in [4.78, 5) is 53.4. The van der Waals surface area contributed by atoms with Gasteiger partial charge in [-0.1, -0.05) is 38.1 Å². The van der Waals surface area contributed by atoms with Crippen LogP contribution >= 0.6 is 0 Å². The molecule has 0 bridgehead atoms. The number of primary amides is 1. The van der Waals surface area contributed by atoms with Crippen molar-refractivity contribution in [3.05, 3.63) is 59.7 Å². The van der Waals surface area contributed by atoms with E-state index in [1.54, 1.807) is 64.3 Å². The number of carbonyl (C=O) groups is 4. The second-order valence-electron chi connectivity index (χ2n) is 10.1. The Morgan fingerprint density at radius 1 is 0.974 bits per heavy atom. The van der Waals surface area contributed by atoms with Gasteiger partial charge in [-0.2, -0.15) is 0 Å². The molecule has 2 rings (SSSR count). The average molecular weight is 541 g/mol. The Bertz CT molecular complexity index is 1130. The molecule has 0 saturated heterocycles. The van der Waals surface area contributed by atoms with E-state index in [4.69, 9.17) is 15.2 Å². The summed E-state index contributed by atoms with van der Waals surface area (Å²) in [5, 5.41) is 5.34. The minimum absolute atomic E-state index is 0.181. The van der Waals surface area contributed by atoms with Gasteiger partial charge in [-0.15, -0.1) is 0 Å². The Morgan fingerprint density at radius 2 is 1.59 bits per heavy atom. The number of nitrogens with two attached hydrogens (primary N) is 1. The third-order valence-corrected chi connectivity index (χ3v) is 5.76. The Balaban J connectivity index is 2.49. The maximum Gasteiger partial charge on any atom is 0.408 e. The molecule has 212 valence electrons. The summed E-state index contributed by atoms with van der Waals surface area (Å²) >= 11 is 0. The van der Waals surface area contributed by atoms with Crippen molar-refractivity contribution in [1.29, 1.82) is 0 Å². The summed E-state index contributed by atoms with van der Waals surface area (Å²) in [5.41, 5.74) is 6.76. The van der Waals surface area contributed by atoms with Crippen LogP contribution in [0.1, 0.15) is 64.6 Å². The lowest BCUT2D eigenvalue weighted by molar-refractivity contribution is -0.141. The number of anilines is 1. The van der Waals surface area contributed by atoms with E-state index < -0.39 is 47.9 Å². The number of hydrogen-bond donors (Lipinski definition) is 3. The van der Waals surface area contributed by atoms with Gasteiger partial charge < -0.3 is 30.7 Å². The van der Waals surface area contributed by atoms with E-state index in [0.29, 0.717) is 23.4 Å². The molecule has 2 atom stereocenters. The molecule has 0 saturated carbocycles. The maximum atomic E-state index is 13.9. The summed E-state index contributed by atoms with van der Waals surface area (Å²) in [6.45, 7) is 9.11. The van der Waals surface area contributed by atoms with Gasteiger partial charge in [0.2, 0.25) is 11.8 Å². The monoisotopic (exact) mass is 540 g/mol. The molecule has 0 radical (unpaired) electrons. The van der Waals surface area contributed by atoms with Gasteiger partial charge in [0.15, 0.2) is 0 Å². The molecule has 10 heteroatoms. The van der Waals surface area contributed by atoms with Gasteiger partial charge in [0.05, 0.1) is 13.5 Å². The van der Waals surface area contributed by atoms with Gasteiger partial charge in [-0.3, -0.25) is 14.4 Å². The summed E-state index contributed by atoms with van der Waals surface area (Å²) < 4.78 is 10.5. The van der Waals surface area contributed by atoms with Gasteiger partial charge in [-0.05, 0) is 69.0 Å². The Labute approximate surface area is 230 Å². The number of methoxy groups -OCH3 is 1. The zero-order chi connectivity index (χ0) is 29.2. The molecule has 0 aliphatic rings. The third-order valence-electron chi connectivity index (χ3n) is 5.76. The number of hydrogen-bond acceptors (Lipinski definition) is 6. The molecule has 0 aromatic heterocycles. The van der Waals surface area contributed by atoms with Crippen LogP contribution in [-0.4, -0.2) is 54.0 Å². The smallest absolute Gasteiger partial charge is 0.408 e. The van der Waals surface area contributed by atoms with Gasteiger partial charge in [-0.25, -0.2) is 4.79 Å². The number of aryl methyl sites for hydroxylation is 1. The zero-order valence-corrected chi connectivity index (χ0v) is 23.6. The molecule has 0 aliphatic heterocycles. The molecule has 4 N–H and O–H groups in total. The van der Waals surface area contributed by atoms with Gasteiger partial charge in [0.25, 0.3) is 5.91 Å². The number of benzene rings is 2. The summed E-state index contributed by atoms with van der Waals surface area (Å²) in [7, 11) is 1.55. The molecule has 0 heterocycles. The lowest BCUT2D eigenvalue weighted by Gasteiger charge is -2.34. The van der Waals surface area contributed by atoms with E-state index in [1.807, 2.05) is 26.0 Å². The van der Waals surface area contributed by atoms with E-state index in [0.717, 1.165) is 12.0 Å². The van der Waals surface area contributed by atoms with Crippen LogP contribution in [0.25, 0.3) is 0 Å². The fraction of sp³-hybridized carbons (Fsp3) is 0.448. The molecule has 0 spiro atoms. The standard InChI is InChI=1S/C29H40N4O6/c1-7-17-33(27(36)23(18-24(30)34)32-28(37)39-29(3,4)5)25(20-11-9-19(8-2)10-12-20)26(35)31-21-13-15-22(38-6)16-14-21/h9-16,23,25H,7-8,17-18H2,1-6H3,(H2,30,34)(H,31,35)(H,32,37). The maximum absolute atomic E-state index is 13.9. The van der Waals surface area contributed by atoms with Gasteiger partial charge in [0.1, 0.15) is 23.4 Å². The number of rotatable bonds is 12. The molecular weight excluding hydrogens is 500 g/mol. The van der Waals surface area contributed by atoms with E-state index in [9.17, 15) is 19.2 Å². The van der Waals surface area contributed by atoms with Crippen molar-refractivity contribution in [2.75, 3.05) is 19.0 Å². The third kappa shape index (κ3) is 9.63. The first-order valence-corrected chi connectivity index (χ1v) is 13.0. The highest BCUT2D eigenvalue weighted by Crippen LogP contribution is 2.26. The second kappa shape index (κ2) is 14.2. The predicted molar refractivity (Wildman–Crippen MR) is 149 cm³/mol. The quantitative estimate of drug-likeness (QED) is 0.372. The van der Waals surface area contributed by atoms with Crippen molar-refractivity contribution >= 4 is 29.5 Å². The minimum atomic E-state index is -1.32. The van der Waals surface area contributed by atoms with Gasteiger partial charge >= 0.3 is 6.09 Å². The average Bonchev–Trinajstić information content (AvgIpc) is 2.87. The van der Waals surface area contributed by atoms with Crippen LogP contribution in [0.5, 0.6) is 5.75 Å². The van der Waals surface area contributed by atoms with Crippen LogP contribution in [0.4, 0.5) is 10.5 Å². The minimum Gasteiger partial charge on any atom is -0.497 e. The Hall–Kier alpha value is -4.08. The largest absolute Gasteiger partial charge is 0.497 e. The molecule has 2 unspecified atom stereocenters. The first kappa shape index (κ1) is 31.1. The van der Waals surface area contributed by atoms with Crippen molar-refractivity contribution in [1.82, 2.24) is 10.2 Å². The first-order valence-electron chi connectivity index (χ1n) is 13.0. The van der Waals surface area contributed by atoms with Crippen molar-refractivity contribution in [3.63, 3.8) is 0 Å². The lowest BCUT2D eigenvalue weighted by Crippen LogP contribution is -2.53. The molecular formula is C29H40N4O6. The van der Waals surface area contributed by atoms with Crippen molar-refractivity contribution in [2.24, 2.45) is 5.73 Å². The highest BCUT2D eigenvalue weighted by Gasteiger charge is 2.36. The first-order chi connectivity index (χ1) is 18.4. The molecule has 2 aromatic carbocycles. The highest BCUT2D eigenvalue weighted by molar-refractivity contribution is 5.99. The fourth-order valence-corrected chi connectivity index (χ4v) is 3.95. The Kier molecular flexibility index (Phi) is 11.3.